The van der Waals surface area contributed by atoms with E-state index in [-0.39, 0.29) is 35.2 Å². The Balaban J connectivity index is 0.00000729. The summed E-state index contributed by atoms with van der Waals surface area (Å²) in [5.41, 5.74) is 6.48. The predicted molar refractivity (Wildman–Crippen MR) is 113 cm³/mol. The van der Waals surface area contributed by atoms with Gasteiger partial charge < -0.3 is 16.0 Å². The van der Waals surface area contributed by atoms with Gasteiger partial charge in [0.05, 0.1) is 10.9 Å². The quantitative estimate of drug-likeness (QED) is 0.544. The van der Waals surface area contributed by atoms with Gasteiger partial charge in [0.2, 0.25) is 21.8 Å². The van der Waals surface area contributed by atoms with Crippen molar-refractivity contribution in [1.82, 2.24) is 9.62 Å². The number of hydrogen-bond acceptors (Lipinski definition) is 5. The van der Waals surface area contributed by atoms with E-state index in [1.807, 2.05) is 13.8 Å². The van der Waals surface area contributed by atoms with Gasteiger partial charge in [-0.3, -0.25) is 9.59 Å². The number of carbonyl (C=O) groups is 2. The third-order valence-corrected chi connectivity index (χ3v) is 5.77. The average molecular weight is 435 g/mol. The van der Waals surface area contributed by atoms with Gasteiger partial charge in [-0.15, -0.1) is 12.4 Å². The fourth-order valence-electron chi connectivity index (χ4n) is 2.39. The molecule has 1 aromatic rings. The largest absolute Gasteiger partial charge is 0.344 e. The van der Waals surface area contributed by atoms with Crippen LogP contribution in [0.15, 0.2) is 29.2 Å². The minimum Gasteiger partial charge on any atom is -0.344 e. The van der Waals surface area contributed by atoms with E-state index >= 15 is 0 Å². The molecule has 1 aromatic carbocycles. The number of rotatable bonds is 9. The summed E-state index contributed by atoms with van der Waals surface area (Å²) >= 11 is 0. The highest BCUT2D eigenvalue weighted by molar-refractivity contribution is 7.89. The molecule has 10 heteroatoms. The summed E-state index contributed by atoms with van der Waals surface area (Å²) in [6.07, 6.45) is 0.643. The van der Waals surface area contributed by atoms with Crippen molar-refractivity contribution in [2.24, 2.45) is 11.7 Å². The molecule has 0 radical (unpaired) electrons. The number of anilines is 1. The molecule has 0 bridgehead atoms. The monoisotopic (exact) mass is 434 g/mol. The zero-order valence-corrected chi connectivity index (χ0v) is 18.6. The van der Waals surface area contributed by atoms with Crippen molar-refractivity contribution in [3.05, 3.63) is 24.3 Å². The molecular formula is C18H31ClN4O4S. The number of nitrogens with two attached hydrogens (primary N) is 1. The van der Waals surface area contributed by atoms with E-state index in [2.05, 4.69) is 10.0 Å². The second kappa shape index (κ2) is 11.4. The second-order valence-corrected chi connectivity index (χ2v) is 8.72. The Hall–Kier alpha value is -1.68. The Morgan fingerprint density at radius 1 is 1.14 bits per heavy atom. The number of nitrogens with one attached hydrogen (secondary N) is 2. The molecule has 0 fully saturated rings. The Kier molecular flexibility index (Phi) is 10.7. The van der Waals surface area contributed by atoms with E-state index in [0.717, 1.165) is 0 Å². The van der Waals surface area contributed by atoms with Crippen LogP contribution in [-0.2, 0) is 19.6 Å². The molecule has 0 saturated carbocycles. The Morgan fingerprint density at radius 2 is 1.68 bits per heavy atom. The highest BCUT2D eigenvalue weighted by Crippen LogP contribution is 2.15. The number of benzene rings is 1. The number of halogens is 1. The number of likely N-dealkylation sites (N-methyl/N-ethyl adjacent to an activating group) is 1. The van der Waals surface area contributed by atoms with Crippen LogP contribution < -0.4 is 15.8 Å². The molecule has 0 saturated heterocycles. The van der Waals surface area contributed by atoms with Crippen LogP contribution >= 0.6 is 12.4 Å². The molecule has 0 aliphatic heterocycles. The molecule has 0 heterocycles. The summed E-state index contributed by atoms with van der Waals surface area (Å²) in [5.74, 6) is -0.266. The van der Waals surface area contributed by atoms with E-state index < -0.39 is 16.1 Å². The average Bonchev–Trinajstić information content (AvgIpc) is 2.57. The molecule has 160 valence electrons. The van der Waals surface area contributed by atoms with E-state index in [0.29, 0.717) is 24.6 Å². The minimum absolute atomic E-state index is 0. The maximum atomic E-state index is 12.5. The van der Waals surface area contributed by atoms with Crippen molar-refractivity contribution in [1.29, 1.82) is 0 Å². The lowest BCUT2D eigenvalue weighted by Gasteiger charge is -2.24. The van der Waals surface area contributed by atoms with Crippen LogP contribution in [-0.4, -0.2) is 50.8 Å². The Morgan fingerprint density at radius 3 is 2.14 bits per heavy atom. The van der Waals surface area contributed by atoms with Crippen LogP contribution in [0.5, 0.6) is 0 Å². The number of amides is 2. The molecule has 1 rings (SSSR count). The van der Waals surface area contributed by atoms with Crippen molar-refractivity contribution in [2.75, 3.05) is 18.9 Å². The first-order valence-corrected chi connectivity index (χ1v) is 10.3. The highest BCUT2D eigenvalue weighted by atomic mass is 35.5. The first-order chi connectivity index (χ1) is 12.4. The zero-order valence-electron chi connectivity index (χ0n) is 16.9. The van der Waals surface area contributed by atoms with Crippen LogP contribution in [0.1, 0.15) is 34.1 Å². The molecular weight excluding hydrogens is 404 g/mol. The lowest BCUT2D eigenvalue weighted by Crippen LogP contribution is -2.46. The second-order valence-electron chi connectivity index (χ2n) is 7.00. The van der Waals surface area contributed by atoms with E-state index in [1.165, 1.54) is 43.0 Å². The summed E-state index contributed by atoms with van der Waals surface area (Å²) in [7, 11) is -2.24. The molecule has 0 aliphatic carbocycles. The number of nitrogens with zero attached hydrogens (tertiary/aromatic N) is 1. The highest BCUT2D eigenvalue weighted by Gasteiger charge is 2.24. The van der Waals surface area contributed by atoms with Crippen molar-refractivity contribution in [3.63, 3.8) is 0 Å². The lowest BCUT2D eigenvalue weighted by atomic mass is 10.0. The van der Waals surface area contributed by atoms with Gasteiger partial charge >= 0.3 is 0 Å². The van der Waals surface area contributed by atoms with Gasteiger partial charge in [0.1, 0.15) is 0 Å². The topological polar surface area (TPSA) is 122 Å². The summed E-state index contributed by atoms with van der Waals surface area (Å²) in [6.45, 7) is 7.35. The first kappa shape index (κ1) is 26.3. The Bertz CT molecular complexity index is 753. The van der Waals surface area contributed by atoms with Gasteiger partial charge in [-0.05, 0) is 43.5 Å². The summed E-state index contributed by atoms with van der Waals surface area (Å²) in [4.78, 5) is 24.9. The zero-order chi connectivity index (χ0) is 20.8. The van der Waals surface area contributed by atoms with Gasteiger partial charge in [0.25, 0.3) is 0 Å². The maximum absolute atomic E-state index is 12.5. The third kappa shape index (κ3) is 8.14. The van der Waals surface area contributed by atoms with E-state index in [1.54, 1.807) is 7.05 Å². The number of hydrogen-bond donors (Lipinski definition) is 3. The predicted octanol–water partition coefficient (Wildman–Crippen LogP) is 1.57. The Labute approximate surface area is 173 Å². The van der Waals surface area contributed by atoms with Crippen molar-refractivity contribution < 1.29 is 18.0 Å². The van der Waals surface area contributed by atoms with Gasteiger partial charge in [-0.2, -0.15) is 4.72 Å². The van der Waals surface area contributed by atoms with E-state index in [4.69, 9.17) is 5.73 Å². The molecule has 28 heavy (non-hydrogen) atoms. The van der Waals surface area contributed by atoms with Crippen molar-refractivity contribution >= 4 is 39.9 Å². The third-order valence-electron chi connectivity index (χ3n) is 4.22. The van der Waals surface area contributed by atoms with Crippen molar-refractivity contribution in [2.45, 2.75) is 51.1 Å². The molecule has 0 aliphatic rings. The van der Waals surface area contributed by atoms with E-state index in [9.17, 15) is 18.0 Å². The normalized spacial score (nSPS) is 13.4. The van der Waals surface area contributed by atoms with Crippen LogP contribution in [0, 0.1) is 5.92 Å². The molecule has 2 atom stereocenters. The van der Waals surface area contributed by atoms with Crippen LogP contribution in [0.25, 0.3) is 0 Å². The SMILES string of the molecule is CC(=O)Nc1ccc(S(=O)(=O)NC(C)C(=O)N(C)CCC(N)C(C)C)cc1.Cl. The standard InChI is InChI=1S/C18H30N4O4S.ClH/c1-12(2)17(19)10-11-22(5)18(24)13(3)21-27(25,26)16-8-6-15(7-9-16)20-14(4)23;/h6-9,12-13,17,21H,10-11,19H2,1-5H3,(H,20,23);1H. The number of carbonyl (C=O) groups excluding carboxylic acids is 2. The summed E-state index contributed by atoms with van der Waals surface area (Å²) in [6, 6.07) is 4.79. The molecule has 0 spiro atoms. The molecule has 8 nitrogen and oxygen atoms in total. The van der Waals surface area contributed by atoms with Crippen molar-refractivity contribution in [3.8, 4) is 0 Å². The van der Waals surface area contributed by atoms with Gasteiger partial charge in [0, 0.05) is 32.2 Å². The fourth-order valence-corrected chi connectivity index (χ4v) is 3.59. The lowest BCUT2D eigenvalue weighted by molar-refractivity contribution is -0.131. The van der Waals surface area contributed by atoms with Crippen LogP contribution in [0.2, 0.25) is 0 Å². The smallest absolute Gasteiger partial charge is 0.241 e. The van der Waals surface area contributed by atoms with Gasteiger partial charge in [-0.25, -0.2) is 8.42 Å². The first-order valence-electron chi connectivity index (χ1n) is 8.84. The number of sulfonamides is 1. The molecule has 0 aromatic heterocycles. The molecule has 2 unspecified atom stereocenters. The minimum atomic E-state index is -3.86. The maximum Gasteiger partial charge on any atom is 0.241 e. The molecule has 4 N–H and O–H groups in total. The van der Waals surface area contributed by atoms with Gasteiger partial charge in [0.15, 0.2) is 0 Å². The molecule has 2 amide bonds. The summed E-state index contributed by atoms with van der Waals surface area (Å²) in [5, 5.41) is 2.56. The van der Waals surface area contributed by atoms with Crippen LogP contribution in [0.3, 0.4) is 0 Å². The fraction of sp³-hybridized carbons (Fsp3) is 0.556. The van der Waals surface area contributed by atoms with Gasteiger partial charge in [-0.1, -0.05) is 13.8 Å². The summed E-state index contributed by atoms with van der Waals surface area (Å²) < 4.78 is 27.3. The van der Waals surface area contributed by atoms with Crippen LogP contribution in [0.4, 0.5) is 5.69 Å².